The lowest BCUT2D eigenvalue weighted by atomic mass is 9.99. The van der Waals surface area contributed by atoms with Crippen molar-refractivity contribution < 1.29 is 18.9 Å². The summed E-state index contributed by atoms with van der Waals surface area (Å²) in [4.78, 5) is 15.9. The Balaban J connectivity index is 2.23. The minimum Gasteiger partial charge on any atom is -0.493 e. The van der Waals surface area contributed by atoms with Gasteiger partial charge in [-0.25, -0.2) is 0 Å². The smallest absolute Gasteiger partial charge is 0.262 e. The van der Waals surface area contributed by atoms with E-state index >= 15 is 0 Å². The maximum Gasteiger partial charge on any atom is 0.262 e. The summed E-state index contributed by atoms with van der Waals surface area (Å²) in [5, 5.41) is 4.18. The molecule has 0 fully saturated rings. The first-order valence-corrected chi connectivity index (χ1v) is 10.4. The summed E-state index contributed by atoms with van der Waals surface area (Å²) in [6.45, 7) is 1.22. The lowest BCUT2D eigenvalue weighted by Crippen LogP contribution is -2.27. The van der Waals surface area contributed by atoms with Gasteiger partial charge in [-0.2, -0.15) is 0 Å². The van der Waals surface area contributed by atoms with E-state index in [-0.39, 0.29) is 5.56 Å². The van der Waals surface area contributed by atoms with Crippen LogP contribution in [0.3, 0.4) is 0 Å². The van der Waals surface area contributed by atoms with Crippen molar-refractivity contribution in [2.75, 3.05) is 49.1 Å². The second-order valence-corrected chi connectivity index (χ2v) is 7.87. The zero-order valence-electron chi connectivity index (χ0n) is 19.3. The molecule has 0 saturated carbocycles. The lowest BCUT2D eigenvalue weighted by molar-refractivity contribution is 0.356. The standard InChI is InChI=1S/C25H28N2O5/c1-26(2)11-12-27-23-17(8-7-15-13-20(30-4)21(31-5)14-18(15)23)16-9-10-19(29-3)24(32-6)22(16)25(27)28/h7-10,13-14H,11-12H2,1-6H3. The van der Waals surface area contributed by atoms with E-state index in [1.54, 1.807) is 28.4 Å². The van der Waals surface area contributed by atoms with Crippen LogP contribution in [0.5, 0.6) is 23.0 Å². The van der Waals surface area contributed by atoms with Crippen molar-refractivity contribution in [3.05, 3.63) is 46.8 Å². The van der Waals surface area contributed by atoms with E-state index in [9.17, 15) is 4.79 Å². The Kier molecular flexibility index (Phi) is 5.84. The summed E-state index contributed by atoms with van der Waals surface area (Å²) in [5.74, 6) is 2.24. The lowest BCUT2D eigenvalue weighted by Gasteiger charge is -2.20. The zero-order valence-corrected chi connectivity index (χ0v) is 19.3. The van der Waals surface area contributed by atoms with Crippen LogP contribution in [-0.2, 0) is 6.54 Å². The highest BCUT2D eigenvalue weighted by atomic mass is 16.5. The van der Waals surface area contributed by atoms with Crippen molar-refractivity contribution in [2.45, 2.75) is 6.54 Å². The van der Waals surface area contributed by atoms with Crippen molar-refractivity contribution in [3.8, 4) is 23.0 Å². The molecule has 7 nitrogen and oxygen atoms in total. The molecule has 0 unspecified atom stereocenters. The van der Waals surface area contributed by atoms with Gasteiger partial charge in [-0.1, -0.05) is 12.1 Å². The Morgan fingerprint density at radius 2 is 1.44 bits per heavy atom. The van der Waals surface area contributed by atoms with Crippen LogP contribution in [0.15, 0.2) is 41.2 Å². The summed E-state index contributed by atoms with van der Waals surface area (Å²) in [5.41, 5.74) is 0.738. The van der Waals surface area contributed by atoms with Gasteiger partial charge in [-0.05, 0) is 43.7 Å². The SMILES string of the molecule is COc1cc2ccc3c4ccc(OC)c(OC)c4c(=O)n(CCN(C)C)c3c2cc1OC. The van der Waals surface area contributed by atoms with E-state index < -0.39 is 0 Å². The molecule has 32 heavy (non-hydrogen) atoms. The summed E-state index contributed by atoms with van der Waals surface area (Å²) in [7, 11) is 10.3. The highest BCUT2D eigenvalue weighted by Gasteiger charge is 2.20. The van der Waals surface area contributed by atoms with E-state index in [0.717, 1.165) is 27.1 Å². The van der Waals surface area contributed by atoms with Gasteiger partial charge in [-0.15, -0.1) is 0 Å². The number of methoxy groups -OCH3 is 4. The van der Waals surface area contributed by atoms with Crippen molar-refractivity contribution in [3.63, 3.8) is 0 Å². The number of likely N-dealkylation sites (N-methyl/N-ethyl adjacent to an activating group) is 1. The number of aromatic nitrogens is 1. The maximum absolute atomic E-state index is 13.9. The number of rotatable bonds is 7. The van der Waals surface area contributed by atoms with Gasteiger partial charge in [0.25, 0.3) is 5.56 Å². The highest BCUT2D eigenvalue weighted by molar-refractivity contribution is 6.17. The Hall–Kier alpha value is -3.45. The van der Waals surface area contributed by atoms with Crippen molar-refractivity contribution in [1.29, 1.82) is 0 Å². The molecule has 0 saturated heterocycles. The van der Waals surface area contributed by atoms with E-state index in [1.807, 2.05) is 55.1 Å². The molecule has 0 amide bonds. The predicted octanol–water partition coefficient (Wildman–Crippen LogP) is 3.90. The Bertz CT molecular complexity index is 1370. The van der Waals surface area contributed by atoms with Crippen LogP contribution in [0.1, 0.15) is 0 Å². The number of nitrogens with zero attached hydrogens (tertiary/aromatic N) is 2. The van der Waals surface area contributed by atoms with Gasteiger partial charge < -0.3 is 28.4 Å². The molecule has 3 aromatic carbocycles. The monoisotopic (exact) mass is 436 g/mol. The average Bonchev–Trinajstić information content (AvgIpc) is 2.81. The highest BCUT2D eigenvalue weighted by Crippen LogP contribution is 2.40. The minimum absolute atomic E-state index is 0.118. The molecule has 0 radical (unpaired) electrons. The minimum atomic E-state index is -0.118. The third-order valence-corrected chi connectivity index (χ3v) is 5.83. The van der Waals surface area contributed by atoms with Crippen LogP contribution in [-0.4, -0.2) is 58.5 Å². The first-order valence-electron chi connectivity index (χ1n) is 10.4. The van der Waals surface area contributed by atoms with E-state index in [0.29, 0.717) is 41.5 Å². The molecular weight excluding hydrogens is 408 g/mol. The number of pyridine rings is 1. The van der Waals surface area contributed by atoms with Gasteiger partial charge in [0.2, 0.25) is 0 Å². The largest absolute Gasteiger partial charge is 0.493 e. The summed E-state index contributed by atoms with van der Waals surface area (Å²) in [6.07, 6.45) is 0. The molecule has 1 heterocycles. The van der Waals surface area contributed by atoms with Crippen LogP contribution in [0.25, 0.3) is 32.4 Å². The molecule has 7 heteroatoms. The molecule has 0 aliphatic rings. The van der Waals surface area contributed by atoms with Gasteiger partial charge in [0.05, 0.1) is 39.3 Å². The van der Waals surface area contributed by atoms with Crippen LogP contribution >= 0.6 is 0 Å². The molecule has 168 valence electrons. The topological polar surface area (TPSA) is 62.2 Å². The van der Waals surface area contributed by atoms with Crippen molar-refractivity contribution in [1.82, 2.24) is 9.47 Å². The molecule has 0 spiro atoms. The van der Waals surface area contributed by atoms with Gasteiger partial charge in [0, 0.05) is 29.2 Å². The average molecular weight is 437 g/mol. The number of fused-ring (bicyclic) bond motifs is 5. The quantitative estimate of drug-likeness (QED) is 0.410. The second kappa shape index (κ2) is 8.59. The summed E-state index contributed by atoms with van der Waals surface area (Å²) >= 11 is 0. The van der Waals surface area contributed by atoms with Crippen LogP contribution in [0.2, 0.25) is 0 Å². The molecule has 0 aliphatic heterocycles. The maximum atomic E-state index is 13.9. The van der Waals surface area contributed by atoms with Gasteiger partial charge >= 0.3 is 0 Å². The fraction of sp³-hybridized carbons (Fsp3) is 0.320. The molecule has 0 N–H and O–H groups in total. The summed E-state index contributed by atoms with van der Waals surface area (Å²) in [6, 6.07) is 11.7. The molecular formula is C25H28N2O5. The number of hydrogen-bond donors (Lipinski definition) is 0. The number of hydrogen-bond acceptors (Lipinski definition) is 6. The van der Waals surface area contributed by atoms with Gasteiger partial charge in [-0.3, -0.25) is 4.79 Å². The fourth-order valence-electron chi connectivity index (χ4n) is 4.26. The Labute approximate surface area is 186 Å². The van der Waals surface area contributed by atoms with Crippen LogP contribution in [0.4, 0.5) is 0 Å². The number of benzene rings is 3. The second-order valence-electron chi connectivity index (χ2n) is 7.87. The molecule has 4 aromatic rings. The van der Waals surface area contributed by atoms with Crippen molar-refractivity contribution in [2.24, 2.45) is 0 Å². The van der Waals surface area contributed by atoms with Crippen molar-refractivity contribution >= 4 is 32.4 Å². The molecule has 0 atom stereocenters. The van der Waals surface area contributed by atoms with Crippen LogP contribution in [0, 0.1) is 0 Å². The fourth-order valence-corrected chi connectivity index (χ4v) is 4.26. The Morgan fingerprint density at radius 3 is 2.06 bits per heavy atom. The third-order valence-electron chi connectivity index (χ3n) is 5.83. The van der Waals surface area contributed by atoms with E-state index in [4.69, 9.17) is 18.9 Å². The van der Waals surface area contributed by atoms with E-state index in [1.165, 1.54) is 0 Å². The number of ether oxygens (including phenoxy) is 4. The molecule has 0 bridgehead atoms. The summed E-state index contributed by atoms with van der Waals surface area (Å²) < 4.78 is 24.0. The normalized spacial score (nSPS) is 11.5. The van der Waals surface area contributed by atoms with Gasteiger partial charge in [0.1, 0.15) is 0 Å². The third kappa shape index (κ3) is 3.39. The van der Waals surface area contributed by atoms with Crippen LogP contribution < -0.4 is 24.5 Å². The first-order chi connectivity index (χ1) is 15.4. The van der Waals surface area contributed by atoms with E-state index in [2.05, 4.69) is 4.90 Å². The Morgan fingerprint density at radius 1 is 0.781 bits per heavy atom. The molecule has 0 aliphatic carbocycles. The molecule has 4 rings (SSSR count). The van der Waals surface area contributed by atoms with Gasteiger partial charge in [0.15, 0.2) is 23.0 Å². The predicted molar refractivity (Wildman–Crippen MR) is 128 cm³/mol. The zero-order chi connectivity index (χ0) is 23.0. The first kappa shape index (κ1) is 21.8. The molecule has 1 aromatic heterocycles.